The molecule has 194 valence electrons. The third-order valence-electron chi connectivity index (χ3n) is 6.63. The average molecular weight is 473 g/mol. The fraction of sp³-hybridized carbons (Fsp3) is 0.846. The van der Waals surface area contributed by atoms with Crippen LogP contribution in [0.25, 0.3) is 0 Å². The fourth-order valence-corrected chi connectivity index (χ4v) is 4.06. The van der Waals surface area contributed by atoms with Crippen LogP contribution in [0.4, 0.5) is 0 Å². The zero-order valence-corrected chi connectivity index (χ0v) is 20.9. The van der Waals surface area contributed by atoms with E-state index in [9.17, 15) is 25.5 Å². The Labute approximate surface area is 200 Å². The molecule has 0 aliphatic carbocycles. The minimum absolute atomic E-state index is 0.452. The topological polar surface area (TPSA) is 120 Å². The Kier molecular flexibility index (Phi) is 14.6. The van der Waals surface area contributed by atoms with Crippen molar-refractivity contribution in [2.24, 2.45) is 0 Å². The largest absolute Gasteiger partial charge is 0.394 e. The van der Waals surface area contributed by atoms with Crippen molar-refractivity contribution in [1.82, 2.24) is 0 Å². The molecule has 1 heterocycles. The third-order valence-corrected chi connectivity index (χ3v) is 6.63. The Balaban J connectivity index is 2.43. The smallest absolute Gasteiger partial charge is 0.187 e. The Bertz CT molecular complexity index is 565. The van der Waals surface area contributed by atoms with E-state index < -0.39 is 49.0 Å². The lowest BCUT2D eigenvalue weighted by molar-refractivity contribution is -0.319. The van der Waals surface area contributed by atoms with E-state index in [-0.39, 0.29) is 0 Å². The predicted molar refractivity (Wildman–Crippen MR) is 130 cm³/mol. The molecular weight excluding hydrogens is 424 g/mol. The summed E-state index contributed by atoms with van der Waals surface area (Å²) in [5, 5.41) is 49.9. The highest BCUT2D eigenvalue weighted by molar-refractivity contribution is 5.06. The van der Waals surface area contributed by atoms with E-state index in [0.29, 0.717) is 12.8 Å². The van der Waals surface area contributed by atoms with Crippen LogP contribution in [0.15, 0.2) is 24.3 Å². The first-order chi connectivity index (χ1) is 15.7. The molecule has 0 aromatic carbocycles. The van der Waals surface area contributed by atoms with E-state index in [1.807, 2.05) is 13.0 Å². The molecule has 1 fully saturated rings. The van der Waals surface area contributed by atoms with Crippen molar-refractivity contribution < 1.29 is 35.0 Å². The molecule has 7 nitrogen and oxygen atoms in total. The summed E-state index contributed by atoms with van der Waals surface area (Å²) >= 11 is 0. The van der Waals surface area contributed by atoms with Crippen LogP contribution in [0.2, 0.25) is 0 Å². The summed E-state index contributed by atoms with van der Waals surface area (Å²) < 4.78 is 11.3. The molecule has 1 aliphatic heterocycles. The van der Waals surface area contributed by atoms with Crippen LogP contribution in [-0.2, 0) is 9.47 Å². The summed E-state index contributed by atoms with van der Waals surface area (Å²) in [6.07, 6.45) is 8.37. The minimum Gasteiger partial charge on any atom is -0.394 e. The number of unbranched alkanes of at least 4 members (excludes halogenated alkanes) is 7. The van der Waals surface area contributed by atoms with Crippen molar-refractivity contribution in [2.45, 2.75) is 134 Å². The maximum absolute atomic E-state index is 10.4. The second kappa shape index (κ2) is 16.0. The molecule has 1 aliphatic rings. The van der Waals surface area contributed by atoms with E-state index in [2.05, 4.69) is 13.5 Å². The molecule has 33 heavy (non-hydrogen) atoms. The molecule has 0 amide bonds. The monoisotopic (exact) mass is 472 g/mol. The number of hydrogen-bond donors (Lipinski definition) is 5. The van der Waals surface area contributed by atoms with Gasteiger partial charge in [-0.05, 0) is 38.7 Å². The van der Waals surface area contributed by atoms with Gasteiger partial charge in [0, 0.05) is 0 Å². The van der Waals surface area contributed by atoms with Gasteiger partial charge in [-0.3, -0.25) is 0 Å². The van der Waals surface area contributed by atoms with Crippen LogP contribution >= 0.6 is 0 Å². The molecule has 1 unspecified atom stereocenters. The third kappa shape index (κ3) is 10.6. The zero-order chi connectivity index (χ0) is 24.9. The highest BCUT2D eigenvalue weighted by Gasteiger charge is 2.45. The summed E-state index contributed by atoms with van der Waals surface area (Å²) in [6, 6.07) is 0. The van der Waals surface area contributed by atoms with Gasteiger partial charge in [0.1, 0.15) is 24.4 Å². The molecule has 0 aromatic rings. The SMILES string of the molecule is C=C[C@](C)(CC/C=C(\C)C(O)CCCCCCCCCC)O[C@@H]1O[C@H](CO)[C@@H](O)[C@H](O)[C@H]1O. The molecule has 7 heteroatoms. The van der Waals surface area contributed by atoms with Gasteiger partial charge < -0.3 is 35.0 Å². The first-order valence-corrected chi connectivity index (χ1v) is 12.7. The van der Waals surface area contributed by atoms with Gasteiger partial charge in [-0.15, -0.1) is 6.58 Å². The molecule has 7 atom stereocenters. The van der Waals surface area contributed by atoms with Crippen molar-refractivity contribution in [3.8, 4) is 0 Å². The molecule has 0 radical (unpaired) electrons. The van der Waals surface area contributed by atoms with Gasteiger partial charge in [0.25, 0.3) is 0 Å². The predicted octanol–water partition coefficient (Wildman–Crippen LogP) is 3.37. The number of allylic oxidation sites excluding steroid dienone is 1. The molecular formula is C26H48O7. The highest BCUT2D eigenvalue weighted by Crippen LogP contribution is 2.29. The van der Waals surface area contributed by atoms with Crippen LogP contribution in [0.1, 0.15) is 91.4 Å². The van der Waals surface area contributed by atoms with Gasteiger partial charge in [0.2, 0.25) is 0 Å². The van der Waals surface area contributed by atoms with Gasteiger partial charge in [0.15, 0.2) is 6.29 Å². The quantitative estimate of drug-likeness (QED) is 0.163. The summed E-state index contributed by atoms with van der Waals surface area (Å²) in [5.74, 6) is 0. The van der Waals surface area contributed by atoms with E-state index in [4.69, 9.17) is 9.47 Å². The lowest BCUT2D eigenvalue weighted by Gasteiger charge is -2.42. The Morgan fingerprint density at radius 3 is 2.21 bits per heavy atom. The second-order valence-corrected chi connectivity index (χ2v) is 9.60. The number of hydrogen-bond acceptors (Lipinski definition) is 7. The zero-order valence-electron chi connectivity index (χ0n) is 20.9. The molecule has 0 saturated carbocycles. The summed E-state index contributed by atoms with van der Waals surface area (Å²) in [6.45, 7) is 9.26. The first-order valence-electron chi connectivity index (χ1n) is 12.7. The second-order valence-electron chi connectivity index (χ2n) is 9.60. The van der Waals surface area contributed by atoms with E-state index in [0.717, 1.165) is 24.8 Å². The van der Waals surface area contributed by atoms with Crippen molar-refractivity contribution in [2.75, 3.05) is 6.61 Å². The molecule has 1 rings (SSSR count). The average Bonchev–Trinajstić information content (AvgIpc) is 2.80. The number of ether oxygens (including phenoxy) is 2. The number of aliphatic hydroxyl groups excluding tert-OH is 5. The molecule has 0 spiro atoms. The van der Waals surface area contributed by atoms with Crippen LogP contribution in [-0.4, -0.2) is 74.6 Å². The molecule has 1 saturated heterocycles. The highest BCUT2D eigenvalue weighted by atomic mass is 16.7. The summed E-state index contributed by atoms with van der Waals surface area (Å²) in [4.78, 5) is 0. The van der Waals surface area contributed by atoms with E-state index in [1.165, 1.54) is 38.5 Å². The van der Waals surface area contributed by atoms with Crippen LogP contribution in [0.5, 0.6) is 0 Å². The number of rotatable bonds is 17. The van der Waals surface area contributed by atoms with Crippen molar-refractivity contribution >= 4 is 0 Å². The lowest BCUT2D eigenvalue weighted by Crippen LogP contribution is -2.60. The Morgan fingerprint density at radius 1 is 1.03 bits per heavy atom. The van der Waals surface area contributed by atoms with Crippen LogP contribution in [0, 0.1) is 0 Å². The Morgan fingerprint density at radius 2 is 1.64 bits per heavy atom. The standard InChI is InChI=1S/C26H48O7/c1-5-7-8-9-10-11-12-13-16-20(28)19(3)15-14-17-26(4,6-2)33-25-24(31)23(30)22(29)21(18-27)32-25/h6,15,20-25,27-31H,2,5,7-14,16-18H2,1,3-4H3/b19-15+/t20?,21-,22-,23+,24-,25+,26-/m1/s1. The maximum Gasteiger partial charge on any atom is 0.187 e. The molecule has 0 bridgehead atoms. The number of aliphatic hydroxyl groups is 5. The van der Waals surface area contributed by atoms with Crippen LogP contribution < -0.4 is 0 Å². The van der Waals surface area contributed by atoms with Gasteiger partial charge in [0.05, 0.1) is 18.3 Å². The van der Waals surface area contributed by atoms with E-state index >= 15 is 0 Å². The van der Waals surface area contributed by atoms with Gasteiger partial charge in [-0.2, -0.15) is 0 Å². The van der Waals surface area contributed by atoms with Crippen molar-refractivity contribution in [1.29, 1.82) is 0 Å². The van der Waals surface area contributed by atoms with Crippen molar-refractivity contribution in [3.05, 3.63) is 24.3 Å². The van der Waals surface area contributed by atoms with Gasteiger partial charge in [-0.25, -0.2) is 0 Å². The summed E-state index contributed by atoms with van der Waals surface area (Å²) in [5.41, 5.74) is 0.0601. The van der Waals surface area contributed by atoms with E-state index in [1.54, 1.807) is 13.0 Å². The summed E-state index contributed by atoms with van der Waals surface area (Å²) in [7, 11) is 0. The molecule has 0 aromatic heterocycles. The maximum atomic E-state index is 10.4. The van der Waals surface area contributed by atoms with Crippen molar-refractivity contribution in [3.63, 3.8) is 0 Å². The van der Waals surface area contributed by atoms with Crippen LogP contribution in [0.3, 0.4) is 0 Å². The minimum atomic E-state index is -1.48. The normalized spacial score (nSPS) is 29.0. The fourth-order valence-electron chi connectivity index (χ4n) is 4.06. The molecule has 5 N–H and O–H groups in total. The van der Waals surface area contributed by atoms with Gasteiger partial charge in [-0.1, -0.05) is 70.4 Å². The Hall–Kier alpha value is -0.800. The lowest BCUT2D eigenvalue weighted by atomic mass is 9.96. The first kappa shape index (κ1) is 30.2. The van der Waals surface area contributed by atoms with Gasteiger partial charge >= 0.3 is 0 Å².